The van der Waals surface area contributed by atoms with Crippen molar-refractivity contribution >= 4 is 23.1 Å². The van der Waals surface area contributed by atoms with Crippen molar-refractivity contribution in [3.63, 3.8) is 0 Å². The maximum Gasteiger partial charge on any atom is 0.336 e. The number of nitrogens with two attached hydrogens (primary N) is 2. The zero-order valence-electron chi connectivity index (χ0n) is 18.3. The molecule has 0 atom stereocenters. The van der Waals surface area contributed by atoms with Crippen molar-refractivity contribution in [2.75, 3.05) is 25.3 Å². The molecule has 0 fully saturated rings. The highest BCUT2D eigenvalue weighted by atomic mass is 16.2. The molecule has 11 heteroatoms. The number of amidine groups is 1. The summed E-state index contributed by atoms with van der Waals surface area (Å²) in [6.45, 7) is -0.278. The average molecular weight is 451 g/mol. The first-order valence-electron chi connectivity index (χ1n) is 10.0. The number of aromatic nitrogens is 2. The minimum Gasteiger partial charge on any atom is -0.399 e. The molecule has 0 aliphatic carbocycles. The summed E-state index contributed by atoms with van der Waals surface area (Å²) in [7, 11) is 3.40. The molecule has 2 aromatic carbocycles. The van der Waals surface area contributed by atoms with Crippen LogP contribution in [0.5, 0.6) is 0 Å². The molecule has 0 aliphatic heterocycles. The molecular weight excluding hydrogens is 424 g/mol. The second-order valence-corrected chi connectivity index (χ2v) is 7.58. The molecule has 0 aliphatic rings. The van der Waals surface area contributed by atoms with Crippen LogP contribution in [0.4, 0.5) is 11.4 Å². The highest BCUT2D eigenvalue weighted by Crippen LogP contribution is 2.11. The van der Waals surface area contributed by atoms with Gasteiger partial charge in [0.15, 0.2) is 0 Å². The molecular formula is C22H26N8O3. The number of amides is 1. The smallest absolute Gasteiger partial charge is 0.336 e. The lowest BCUT2D eigenvalue weighted by Gasteiger charge is -2.17. The first-order valence-corrected chi connectivity index (χ1v) is 10.0. The molecule has 0 spiro atoms. The number of nitrogens with one attached hydrogen (secondary N) is 3. The lowest BCUT2D eigenvalue weighted by molar-refractivity contribution is -0.121. The van der Waals surface area contributed by atoms with Gasteiger partial charge < -0.3 is 22.2 Å². The third-order valence-electron chi connectivity index (χ3n) is 4.72. The lowest BCUT2D eigenvalue weighted by atomic mass is 10.1. The van der Waals surface area contributed by atoms with Gasteiger partial charge in [-0.15, -0.1) is 0 Å². The summed E-state index contributed by atoms with van der Waals surface area (Å²) < 4.78 is 2.13. The predicted octanol–water partition coefficient (Wildman–Crippen LogP) is 0.0704. The van der Waals surface area contributed by atoms with Gasteiger partial charge in [-0.1, -0.05) is 30.3 Å². The van der Waals surface area contributed by atoms with E-state index in [0.29, 0.717) is 16.9 Å². The number of hydrazine groups is 1. The summed E-state index contributed by atoms with van der Waals surface area (Å²) in [5.74, 6) is -0.557. The van der Waals surface area contributed by atoms with Crippen molar-refractivity contribution < 1.29 is 4.79 Å². The molecule has 1 aromatic heterocycles. The molecule has 0 saturated carbocycles. The van der Waals surface area contributed by atoms with Crippen LogP contribution in [0, 0.1) is 5.41 Å². The van der Waals surface area contributed by atoms with E-state index >= 15 is 0 Å². The Morgan fingerprint density at radius 3 is 2.42 bits per heavy atom. The zero-order chi connectivity index (χ0) is 24.1. The fourth-order valence-electron chi connectivity index (χ4n) is 3.12. The summed E-state index contributed by atoms with van der Waals surface area (Å²) in [4.78, 5) is 38.6. The number of anilines is 2. The van der Waals surface area contributed by atoms with Crippen LogP contribution in [0.15, 0.2) is 64.3 Å². The number of rotatable bonds is 8. The van der Waals surface area contributed by atoms with Gasteiger partial charge in [0.05, 0.1) is 5.69 Å². The second kappa shape index (κ2) is 9.83. The van der Waals surface area contributed by atoms with E-state index in [1.165, 1.54) is 10.8 Å². The van der Waals surface area contributed by atoms with Gasteiger partial charge in [0, 0.05) is 38.1 Å². The Bertz CT molecular complexity index is 1290. The molecule has 0 unspecified atom stereocenters. The number of carbonyl (C=O) groups excluding carboxylic acids is 1. The topological polar surface area (TPSA) is 164 Å². The maximum atomic E-state index is 13.1. The van der Waals surface area contributed by atoms with Crippen molar-refractivity contribution in [1.29, 1.82) is 5.41 Å². The Morgan fingerprint density at radius 2 is 1.82 bits per heavy atom. The van der Waals surface area contributed by atoms with Crippen LogP contribution in [-0.2, 0) is 17.9 Å². The van der Waals surface area contributed by atoms with Gasteiger partial charge in [0.25, 0.3) is 5.56 Å². The highest BCUT2D eigenvalue weighted by Gasteiger charge is 2.16. The summed E-state index contributed by atoms with van der Waals surface area (Å²) in [5.41, 5.74) is 15.2. The third-order valence-corrected chi connectivity index (χ3v) is 4.72. The van der Waals surface area contributed by atoms with Crippen LogP contribution in [0.1, 0.15) is 11.1 Å². The fraction of sp³-hybridized carbons (Fsp3) is 0.182. The standard InChI is InChI=1S/C22H26N8O3/c1-28(2)27-18-12-29(17-5-3-4-16(23)10-17)22(33)30(21(18)32)13-19(31)26-11-14-6-8-15(9-7-14)20(24)25/h3-10,12,27H,11,13,23H2,1-2H3,(H3,24,25)(H,26,31). The van der Waals surface area contributed by atoms with Crippen LogP contribution in [0.3, 0.4) is 0 Å². The van der Waals surface area contributed by atoms with E-state index in [1.54, 1.807) is 67.6 Å². The summed E-state index contributed by atoms with van der Waals surface area (Å²) in [6, 6.07) is 13.5. The number of nitrogen functional groups attached to an aromatic ring is 2. The highest BCUT2D eigenvalue weighted by molar-refractivity contribution is 5.94. The van der Waals surface area contributed by atoms with Crippen LogP contribution < -0.4 is 33.5 Å². The first-order chi connectivity index (χ1) is 15.7. The van der Waals surface area contributed by atoms with E-state index in [-0.39, 0.29) is 18.1 Å². The lowest BCUT2D eigenvalue weighted by Crippen LogP contribution is -2.44. The third kappa shape index (κ3) is 5.66. The SMILES string of the molecule is CN(C)Nc1cn(-c2cccc(N)c2)c(=O)n(CC(=O)NCc2ccc(C(=N)N)cc2)c1=O. The van der Waals surface area contributed by atoms with Crippen molar-refractivity contribution in [3.8, 4) is 5.69 Å². The van der Waals surface area contributed by atoms with Crippen molar-refractivity contribution in [3.05, 3.63) is 86.7 Å². The Labute approximate surface area is 189 Å². The monoisotopic (exact) mass is 450 g/mol. The van der Waals surface area contributed by atoms with Crippen molar-refractivity contribution in [2.24, 2.45) is 5.73 Å². The number of hydrogen-bond acceptors (Lipinski definition) is 7. The molecule has 0 radical (unpaired) electrons. The van der Waals surface area contributed by atoms with Gasteiger partial charge in [-0.3, -0.25) is 19.6 Å². The fourth-order valence-corrected chi connectivity index (χ4v) is 3.12. The molecule has 0 bridgehead atoms. The summed E-state index contributed by atoms with van der Waals surface area (Å²) in [5, 5.41) is 11.7. The largest absolute Gasteiger partial charge is 0.399 e. The van der Waals surface area contributed by atoms with E-state index in [2.05, 4.69) is 10.7 Å². The Balaban J connectivity index is 1.88. The minimum absolute atomic E-state index is 0.0485. The van der Waals surface area contributed by atoms with Gasteiger partial charge in [0.2, 0.25) is 5.91 Å². The molecule has 3 rings (SSSR count). The van der Waals surface area contributed by atoms with E-state index in [0.717, 1.165) is 10.1 Å². The molecule has 1 heterocycles. The Kier molecular flexibility index (Phi) is 6.94. The number of benzene rings is 2. The van der Waals surface area contributed by atoms with Crippen LogP contribution in [0.2, 0.25) is 0 Å². The predicted molar refractivity (Wildman–Crippen MR) is 127 cm³/mol. The van der Waals surface area contributed by atoms with Gasteiger partial charge in [0.1, 0.15) is 18.1 Å². The normalized spacial score (nSPS) is 10.8. The van der Waals surface area contributed by atoms with E-state index in [9.17, 15) is 14.4 Å². The number of carbonyl (C=O) groups is 1. The summed E-state index contributed by atoms with van der Waals surface area (Å²) in [6.07, 6.45) is 1.38. The van der Waals surface area contributed by atoms with Gasteiger partial charge in [-0.05, 0) is 23.8 Å². The van der Waals surface area contributed by atoms with Gasteiger partial charge in [-0.25, -0.2) is 14.4 Å². The first kappa shape index (κ1) is 23.3. The number of hydrogen-bond donors (Lipinski definition) is 5. The summed E-state index contributed by atoms with van der Waals surface area (Å²) >= 11 is 0. The van der Waals surface area contributed by atoms with Crippen LogP contribution in [0.25, 0.3) is 5.69 Å². The molecule has 11 nitrogen and oxygen atoms in total. The molecule has 7 N–H and O–H groups in total. The maximum absolute atomic E-state index is 13.1. The molecule has 1 amide bonds. The van der Waals surface area contributed by atoms with E-state index < -0.39 is 23.7 Å². The second-order valence-electron chi connectivity index (χ2n) is 7.58. The number of nitrogens with zero attached hydrogens (tertiary/aromatic N) is 3. The molecule has 172 valence electrons. The van der Waals surface area contributed by atoms with E-state index in [1.807, 2.05) is 0 Å². The Morgan fingerprint density at radius 1 is 1.12 bits per heavy atom. The average Bonchev–Trinajstić information content (AvgIpc) is 2.77. The molecule has 0 saturated heterocycles. The van der Waals surface area contributed by atoms with Gasteiger partial charge in [-0.2, -0.15) is 0 Å². The van der Waals surface area contributed by atoms with Gasteiger partial charge >= 0.3 is 5.69 Å². The van der Waals surface area contributed by atoms with Crippen LogP contribution >= 0.6 is 0 Å². The minimum atomic E-state index is -0.670. The Hall–Kier alpha value is -4.38. The quantitative estimate of drug-likeness (QED) is 0.140. The van der Waals surface area contributed by atoms with E-state index in [4.69, 9.17) is 16.9 Å². The van der Waals surface area contributed by atoms with Crippen molar-refractivity contribution in [2.45, 2.75) is 13.1 Å². The molecule has 33 heavy (non-hydrogen) atoms. The zero-order valence-corrected chi connectivity index (χ0v) is 18.3. The van der Waals surface area contributed by atoms with Crippen LogP contribution in [-0.4, -0.2) is 40.0 Å². The molecule has 3 aromatic rings. The van der Waals surface area contributed by atoms with Crippen molar-refractivity contribution in [1.82, 2.24) is 19.5 Å².